The summed E-state index contributed by atoms with van der Waals surface area (Å²) in [5.41, 5.74) is 4.93. The first-order valence-corrected chi connectivity index (χ1v) is 10.2. The summed E-state index contributed by atoms with van der Waals surface area (Å²) >= 11 is 0. The SMILES string of the molecule is Cc1c(C)c(C)c(S(=O)(=O)O)c([Si]CCc2ccccc2)c1C. The molecule has 0 bridgehead atoms. The Kier molecular flexibility index (Phi) is 5.44. The fourth-order valence-corrected chi connectivity index (χ4v) is 5.81. The predicted octanol–water partition coefficient (Wildman–Crippen LogP) is 3.16. The lowest BCUT2D eigenvalue weighted by Gasteiger charge is -2.18. The molecule has 0 amide bonds. The second-order valence-corrected chi connectivity index (χ2v) is 8.55. The van der Waals surface area contributed by atoms with Crippen molar-refractivity contribution in [2.45, 2.75) is 45.1 Å². The molecule has 5 heteroatoms. The van der Waals surface area contributed by atoms with E-state index in [1.54, 1.807) is 6.92 Å². The van der Waals surface area contributed by atoms with Crippen LogP contribution in [0.1, 0.15) is 27.8 Å². The molecule has 0 saturated carbocycles. The summed E-state index contributed by atoms with van der Waals surface area (Å²) in [6, 6.07) is 11.0. The van der Waals surface area contributed by atoms with Crippen molar-refractivity contribution in [3.8, 4) is 0 Å². The van der Waals surface area contributed by atoms with Gasteiger partial charge in [0.05, 0.1) is 14.4 Å². The quantitative estimate of drug-likeness (QED) is 0.668. The molecule has 0 aliphatic rings. The van der Waals surface area contributed by atoms with Gasteiger partial charge in [0.15, 0.2) is 0 Å². The van der Waals surface area contributed by atoms with Crippen LogP contribution in [0.15, 0.2) is 35.2 Å². The van der Waals surface area contributed by atoms with E-state index in [-0.39, 0.29) is 4.90 Å². The Hall–Kier alpha value is -1.43. The first-order valence-electron chi connectivity index (χ1n) is 7.59. The second kappa shape index (κ2) is 6.99. The van der Waals surface area contributed by atoms with Crippen LogP contribution in [0, 0.1) is 27.7 Å². The van der Waals surface area contributed by atoms with Crippen LogP contribution in [0.3, 0.4) is 0 Å². The molecule has 23 heavy (non-hydrogen) atoms. The van der Waals surface area contributed by atoms with E-state index in [9.17, 15) is 13.0 Å². The van der Waals surface area contributed by atoms with Crippen molar-refractivity contribution < 1.29 is 13.0 Å². The summed E-state index contributed by atoms with van der Waals surface area (Å²) in [7, 11) is -3.86. The van der Waals surface area contributed by atoms with E-state index < -0.39 is 10.1 Å². The maximum atomic E-state index is 11.9. The molecule has 2 rings (SSSR count). The number of hydrogen-bond donors (Lipinski definition) is 1. The van der Waals surface area contributed by atoms with Gasteiger partial charge in [0.2, 0.25) is 0 Å². The van der Waals surface area contributed by atoms with Crippen LogP contribution < -0.4 is 5.19 Å². The average Bonchev–Trinajstić information content (AvgIpc) is 2.50. The summed E-state index contributed by atoms with van der Waals surface area (Å²) in [6.07, 6.45) is 0.898. The van der Waals surface area contributed by atoms with Gasteiger partial charge < -0.3 is 0 Å². The van der Waals surface area contributed by atoms with Gasteiger partial charge in [-0.2, -0.15) is 8.42 Å². The molecular weight excluding hydrogens is 324 g/mol. The third-order valence-corrected chi connectivity index (χ3v) is 7.13. The van der Waals surface area contributed by atoms with Crippen molar-refractivity contribution in [3.63, 3.8) is 0 Å². The van der Waals surface area contributed by atoms with Crippen LogP contribution in [0.5, 0.6) is 0 Å². The lowest BCUT2D eigenvalue weighted by Crippen LogP contribution is -2.28. The Bertz CT molecular complexity index is 812. The van der Waals surface area contributed by atoms with E-state index in [2.05, 4.69) is 12.1 Å². The highest BCUT2D eigenvalue weighted by atomic mass is 32.2. The Morgan fingerprint density at radius 1 is 0.913 bits per heavy atom. The Morgan fingerprint density at radius 2 is 1.48 bits per heavy atom. The Balaban J connectivity index is 2.37. The molecule has 2 aromatic rings. The maximum Gasteiger partial charge on any atom is 0.294 e. The van der Waals surface area contributed by atoms with Crippen LogP contribution in [0.4, 0.5) is 0 Å². The summed E-state index contributed by atoms with van der Waals surface area (Å²) in [4.78, 5) is 0.115. The van der Waals surface area contributed by atoms with Gasteiger partial charge in [-0.25, -0.2) is 0 Å². The minimum atomic E-state index is -4.21. The Morgan fingerprint density at radius 3 is 2.04 bits per heavy atom. The number of rotatable bonds is 5. The fourth-order valence-electron chi connectivity index (χ4n) is 2.79. The summed E-state index contributed by atoms with van der Waals surface area (Å²) < 4.78 is 33.5. The van der Waals surface area contributed by atoms with Crippen LogP contribution in [-0.2, 0) is 16.5 Å². The van der Waals surface area contributed by atoms with E-state index in [1.165, 1.54) is 5.56 Å². The molecule has 0 heterocycles. The number of hydrogen-bond acceptors (Lipinski definition) is 2. The predicted molar refractivity (Wildman–Crippen MR) is 95.5 cm³/mol. The zero-order valence-corrected chi connectivity index (χ0v) is 15.8. The summed E-state index contributed by atoms with van der Waals surface area (Å²) in [5.74, 6) is 0. The first kappa shape index (κ1) is 17.9. The van der Waals surface area contributed by atoms with Crippen molar-refractivity contribution in [3.05, 3.63) is 58.1 Å². The van der Waals surface area contributed by atoms with E-state index in [0.29, 0.717) is 15.1 Å². The van der Waals surface area contributed by atoms with Gasteiger partial charge in [0, 0.05) is 0 Å². The van der Waals surface area contributed by atoms with Crippen LogP contribution >= 0.6 is 0 Å². The van der Waals surface area contributed by atoms with Gasteiger partial charge in [0.1, 0.15) is 0 Å². The normalized spacial score (nSPS) is 11.7. The molecule has 3 nitrogen and oxygen atoms in total. The lowest BCUT2D eigenvalue weighted by molar-refractivity contribution is 0.483. The van der Waals surface area contributed by atoms with E-state index in [4.69, 9.17) is 0 Å². The highest BCUT2D eigenvalue weighted by molar-refractivity contribution is 7.86. The molecule has 0 aliphatic carbocycles. The molecule has 2 aromatic carbocycles. The molecule has 1 N–H and O–H groups in total. The van der Waals surface area contributed by atoms with Crippen molar-refractivity contribution >= 4 is 24.8 Å². The molecule has 0 atom stereocenters. The molecule has 0 fully saturated rings. The molecule has 122 valence electrons. The van der Waals surface area contributed by atoms with Gasteiger partial charge in [-0.15, -0.1) is 0 Å². The average molecular weight is 347 g/mol. The monoisotopic (exact) mass is 346 g/mol. The van der Waals surface area contributed by atoms with E-state index in [0.717, 1.165) is 34.3 Å². The van der Waals surface area contributed by atoms with Gasteiger partial charge in [-0.1, -0.05) is 36.4 Å². The van der Waals surface area contributed by atoms with Crippen molar-refractivity contribution in [2.24, 2.45) is 0 Å². The van der Waals surface area contributed by atoms with Gasteiger partial charge in [-0.05, 0) is 67.1 Å². The first-order chi connectivity index (χ1) is 10.7. The number of benzene rings is 2. The van der Waals surface area contributed by atoms with Crippen LogP contribution in [-0.4, -0.2) is 22.5 Å². The fraction of sp³-hybridized carbons (Fsp3) is 0.333. The Labute approximate surface area is 141 Å². The molecule has 0 spiro atoms. The summed E-state index contributed by atoms with van der Waals surface area (Å²) in [5, 5.41) is 0.782. The van der Waals surface area contributed by atoms with Crippen molar-refractivity contribution in [1.29, 1.82) is 0 Å². The summed E-state index contributed by atoms with van der Waals surface area (Å²) in [6.45, 7) is 7.64. The highest BCUT2D eigenvalue weighted by Crippen LogP contribution is 2.23. The second-order valence-electron chi connectivity index (χ2n) is 5.84. The van der Waals surface area contributed by atoms with Crippen LogP contribution in [0.2, 0.25) is 6.04 Å². The largest absolute Gasteiger partial charge is 0.294 e. The standard InChI is InChI=1S/C18H22O3SSi/c1-12-13(2)15(4)18(17(14(12)3)22(19,20)21)23-11-10-16-8-6-5-7-9-16/h5-9H,10-11H2,1-4H3,(H,19,20,21). The van der Waals surface area contributed by atoms with E-state index >= 15 is 0 Å². The van der Waals surface area contributed by atoms with Gasteiger partial charge >= 0.3 is 0 Å². The van der Waals surface area contributed by atoms with E-state index in [1.807, 2.05) is 39.0 Å². The zero-order chi connectivity index (χ0) is 17.2. The number of aryl methyl sites for hydroxylation is 1. The minimum absolute atomic E-state index is 0.115. The van der Waals surface area contributed by atoms with Crippen molar-refractivity contribution in [1.82, 2.24) is 0 Å². The minimum Gasteiger partial charge on any atom is -0.282 e. The third kappa shape index (κ3) is 3.91. The highest BCUT2D eigenvalue weighted by Gasteiger charge is 2.23. The zero-order valence-electron chi connectivity index (χ0n) is 14.0. The lowest BCUT2D eigenvalue weighted by atomic mass is 9.99. The molecule has 0 aromatic heterocycles. The molecule has 2 radical (unpaired) electrons. The molecule has 0 unspecified atom stereocenters. The third-order valence-electron chi connectivity index (χ3n) is 4.45. The van der Waals surface area contributed by atoms with Crippen molar-refractivity contribution in [2.75, 3.05) is 0 Å². The van der Waals surface area contributed by atoms with Gasteiger partial charge in [-0.3, -0.25) is 4.55 Å². The van der Waals surface area contributed by atoms with Gasteiger partial charge in [0.25, 0.3) is 10.1 Å². The molecular formula is C18H22O3SSi. The smallest absolute Gasteiger partial charge is 0.282 e. The maximum absolute atomic E-state index is 11.9. The molecule has 0 aliphatic heterocycles. The molecule has 0 saturated heterocycles. The topological polar surface area (TPSA) is 54.4 Å². The van der Waals surface area contributed by atoms with Crippen LogP contribution in [0.25, 0.3) is 0 Å².